The lowest BCUT2D eigenvalue weighted by atomic mass is 10.0. The highest BCUT2D eigenvalue weighted by atomic mass is 32.1. The summed E-state index contributed by atoms with van der Waals surface area (Å²) in [6.07, 6.45) is 1.57. The van der Waals surface area contributed by atoms with Crippen molar-refractivity contribution in [2.45, 2.75) is 26.1 Å². The molecule has 230 valence electrons. The number of benzene rings is 3. The molecule has 0 spiro atoms. The highest BCUT2D eigenvalue weighted by Gasteiger charge is 2.39. The average Bonchev–Trinajstić information content (AvgIpc) is 3.69. The average molecular weight is 624 g/mol. The zero-order chi connectivity index (χ0) is 31.3. The number of carbonyl (C=O) groups excluding carboxylic acids is 2. The normalized spacial score (nSPS) is 15.7. The van der Waals surface area contributed by atoms with E-state index in [0.717, 1.165) is 50.4 Å². The number of hydrogen-bond donors (Lipinski definition) is 1. The van der Waals surface area contributed by atoms with Gasteiger partial charge in [-0.15, -0.1) is 11.3 Å². The second-order valence-corrected chi connectivity index (χ2v) is 12.0. The van der Waals surface area contributed by atoms with Gasteiger partial charge in [-0.3, -0.25) is 19.8 Å². The SMILES string of the molecule is CCN1CCN(Cc2ccc(C#Cc3ccc4c(c3)C(=O)N(C(C(=O)Nc3nccs3)c3cc(F)ccc3OC)C4)cc2)CC1. The topological polar surface area (TPSA) is 78.0 Å². The first-order valence-corrected chi connectivity index (χ1v) is 15.8. The quantitative estimate of drug-likeness (QED) is 0.273. The molecular formula is C35H34FN5O3S. The molecule has 4 aromatic rings. The maximum absolute atomic E-state index is 14.4. The van der Waals surface area contributed by atoms with Gasteiger partial charge in [0.25, 0.3) is 11.8 Å². The number of rotatable bonds is 8. The monoisotopic (exact) mass is 623 g/mol. The van der Waals surface area contributed by atoms with Crippen LogP contribution in [-0.4, -0.2) is 71.3 Å². The lowest BCUT2D eigenvalue weighted by Gasteiger charge is -2.34. The van der Waals surface area contributed by atoms with Crippen molar-refractivity contribution in [3.8, 4) is 17.6 Å². The smallest absolute Gasteiger partial charge is 0.255 e. The van der Waals surface area contributed by atoms with Crippen molar-refractivity contribution < 1.29 is 18.7 Å². The van der Waals surface area contributed by atoms with Gasteiger partial charge in [0.05, 0.1) is 7.11 Å². The van der Waals surface area contributed by atoms with E-state index in [0.29, 0.717) is 22.0 Å². The molecule has 1 unspecified atom stereocenters. The molecule has 0 radical (unpaired) electrons. The van der Waals surface area contributed by atoms with E-state index in [2.05, 4.69) is 51.0 Å². The van der Waals surface area contributed by atoms with Gasteiger partial charge in [-0.25, -0.2) is 9.37 Å². The number of hydrogen-bond acceptors (Lipinski definition) is 7. The van der Waals surface area contributed by atoms with E-state index in [9.17, 15) is 14.0 Å². The summed E-state index contributed by atoms with van der Waals surface area (Å²) in [7, 11) is 1.44. The van der Waals surface area contributed by atoms with Crippen molar-refractivity contribution in [1.82, 2.24) is 19.7 Å². The summed E-state index contributed by atoms with van der Waals surface area (Å²) < 4.78 is 19.9. The van der Waals surface area contributed by atoms with Crippen LogP contribution in [0.5, 0.6) is 5.75 Å². The number of aromatic nitrogens is 1. The number of ether oxygens (including phenoxy) is 1. The fourth-order valence-electron chi connectivity index (χ4n) is 5.80. The molecule has 1 fully saturated rings. The zero-order valence-corrected chi connectivity index (χ0v) is 26.1. The van der Waals surface area contributed by atoms with E-state index < -0.39 is 17.8 Å². The van der Waals surface area contributed by atoms with Gasteiger partial charge in [0.2, 0.25) is 0 Å². The molecule has 1 atom stereocenters. The van der Waals surface area contributed by atoms with Crippen molar-refractivity contribution >= 4 is 28.3 Å². The number of thiazole rings is 1. The Bertz CT molecular complexity index is 1740. The zero-order valence-electron chi connectivity index (χ0n) is 25.3. The van der Waals surface area contributed by atoms with Crippen LogP contribution in [0, 0.1) is 17.7 Å². The van der Waals surface area contributed by atoms with Gasteiger partial charge in [-0.05, 0) is 60.1 Å². The van der Waals surface area contributed by atoms with Crippen LogP contribution in [0.1, 0.15) is 51.1 Å². The minimum absolute atomic E-state index is 0.173. The number of methoxy groups -OCH3 is 1. The first-order valence-electron chi connectivity index (χ1n) is 14.9. The standard InChI is InChI=1S/C35H34FN5O3S/c1-3-39-15-17-40(18-16-39)22-26-8-5-24(6-9-26)4-7-25-10-11-27-23-41(34(43)29(27)20-25)32(33(42)38-35-37-14-19-45-35)30-21-28(36)12-13-31(30)44-2/h5-6,8-14,19-21,32H,3,15-18,22-23H2,1-2H3,(H,37,38,42). The summed E-state index contributed by atoms with van der Waals surface area (Å²) >= 11 is 1.25. The number of fused-ring (bicyclic) bond motifs is 1. The largest absolute Gasteiger partial charge is 0.496 e. The Kier molecular flexibility index (Phi) is 9.21. The van der Waals surface area contributed by atoms with E-state index in [1.54, 1.807) is 17.6 Å². The highest BCUT2D eigenvalue weighted by Crippen LogP contribution is 2.37. The molecule has 6 rings (SSSR count). The Morgan fingerprint density at radius 3 is 2.47 bits per heavy atom. The van der Waals surface area contributed by atoms with E-state index in [-0.39, 0.29) is 18.0 Å². The third-order valence-electron chi connectivity index (χ3n) is 8.27. The molecule has 2 amide bonds. The number of nitrogens with zero attached hydrogens (tertiary/aromatic N) is 4. The molecule has 2 aliphatic heterocycles. The lowest BCUT2D eigenvalue weighted by Crippen LogP contribution is -2.45. The molecule has 8 nitrogen and oxygen atoms in total. The number of carbonyl (C=O) groups is 2. The number of amides is 2. The van der Waals surface area contributed by atoms with E-state index in [1.807, 2.05) is 24.3 Å². The third kappa shape index (κ3) is 6.91. The third-order valence-corrected chi connectivity index (χ3v) is 8.96. The molecule has 45 heavy (non-hydrogen) atoms. The van der Waals surface area contributed by atoms with Gasteiger partial charge >= 0.3 is 0 Å². The Morgan fingerprint density at radius 1 is 1.02 bits per heavy atom. The molecule has 0 aliphatic carbocycles. The van der Waals surface area contributed by atoms with Gasteiger partial charge in [0, 0.05) is 73.1 Å². The second kappa shape index (κ2) is 13.6. The van der Waals surface area contributed by atoms with Crippen LogP contribution in [-0.2, 0) is 17.9 Å². The predicted octanol–water partition coefficient (Wildman–Crippen LogP) is 5.16. The van der Waals surface area contributed by atoms with E-state index in [4.69, 9.17) is 4.74 Å². The number of likely N-dealkylation sites (N-methyl/N-ethyl adjacent to an activating group) is 1. The molecule has 0 bridgehead atoms. The van der Waals surface area contributed by atoms with Crippen LogP contribution >= 0.6 is 11.3 Å². The highest BCUT2D eigenvalue weighted by molar-refractivity contribution is 7.13. The molecule has 0 saturated carbocycles. The second-order valence-electron chi connectivity index (χ2n) is 11.1. The maximum atomic E-state index is 14.4. The van der Waals surface area contributed by atoms with Crippen LogP contribution in [0.3, 0.4) is 0 Å². The molecule has 1 saturated heterocycles. The number of nitrogens with one attached hydrogen (secondary N) is 1. The van der Waals surface area contributed by atoms with E-state index in [1.165, 1.54) is 47.1 Å². The van der Waals surface area contributed by atoms with Crippen LogP contribution in [0.4, 0.5) is 9.52 Å². The van der Waals surface area contributed by atoms with Gasteiger partial charge in [0.15, 0.2) is 5.13 Å². The maximum Gasteiger partial charge on any atom is 0.255 e. The minimum Gasteiger partial charge on any atom is -0.496 e. The van der Waals surface area contributed by atoms with Crippen molar-refractivity contribution in [3.63, 3.8) is 0 Å². The Morgan fingerprint density at radius 2 is 1.76 bits per heavy atom. The van der Waals surface area contributed by atoms with Crippen LogP contribution in [0.25, 0.3) is 0 Å². The van der Waals surface area contributed by atoms with E-state index >= 15 is 0 Å². The predicted molar refractivity (Wildman–Crippen MR) is 173 cm³/mol. The van der Waals surface area contributed by atoms with Crippen LogP contribution in [0.2, 0.25) is 0 Å². The Labute approximate surface area is 266 Å². The summed E-state index contributed by atoms with van der Waals surface area (Å²) in [6.45, 7) is 8.80. The molecule has 10 heteroatoms. The first-order chi connectivity index (χ1) is 21.9. The molecule has 1 aromatic heterocycles. The number of halogens is 1. The van der Waals surface area contributed by atoms with Crippen molar-refractivity contribution in [2.75, 3.05) is 45.2 Å². The summed E-state index contributed by atoms with van der Waals surface area (Å²) in [5.74, 6) is 5.30. The molecular weight excluding hydrogens is 589 g/mol. The first kappa shape index (κ1) is 30.5. The van der Waals surface area contributed by atoms with Crippen LogP contribution in [0.15, 0.2) is 72.2 Å². The Balaban J connectivity index is 1.19. The molecule has 1 N–H and O–H groups in total. The van der Waals surface area contributed by atoms with Gasteiger partial charge in [0.1, 0.15) is 17.6 Å². The summed E-state index contributed by atoms with van der Waals surface area (Å²) in [4.78, 5) is 37.9. The molecule has 3 heterocycles. The van der Waals surface area contributed by atoms with Crippen LogP contribution < -0.4 is 10.1 Å². The molecule has 2 aliphatic rings. The van der Waals surface area contributed by atoms with Crippen molar-refractivity contribution in [2.24, 2.45) is 0 Å². The summed E-state index contributed by atoms with van der Waals surface area (Å²) in [5.41, 5.74) is 4.31. The fraction of sp³-hybridized carbons (Fsp3) is 0.286. The van der Waals surface area contributed by atoms with Crippen molar-refractivity contribution in [1.29, 1.82) is 0 Å². The lowest BCUT2D eigenvalue weighted by molar-refractivity contribution is -0.120. The minimum atomic E-state index is -1.15. The van der Waals surface area contributed by atoms with Crippen molar-refractivity contribution in [3.05, 3.63) is 111 Å². The summed E-state index contributed by atoms with van der Waals surface area (Å²) in [5, 5.41) is 4.88. The fourth-order valence-corrected chi connectivity index (χ4v) is 6.33. The van der Waals surface area contributed by atoms with Gasteiger partial charge in [-0.1, -0.05) is 37.0 Å². The summed E-state index contributed by atoms with van der Waals surface area (Å²) in [6, 6.07) is 16.6. The van der Waals surface area contributed by atoms with Gasteiger partial charge < -0.3 is 14.5 Å². The number of anilines is 1. The Hall–Kier alpha value is -4.56. The number of piperazine rings is 1. The van der Waals surface area contributed by atoms with Gasteiger partial charge in [-0.2, -0.15) is 0 Å². The molecule has 3 aromatic carbocycles.